The van der Waals surface area contributed by atoms with Crippen LogP contribution in [0.5, 0.6) is 0 Å². The largest absolute Gasteiger partial charge is 0.346 e. The zero-order chi connectivity index (χ0) is 15.5. The van der Waals surface area contributed by atoms with Crippen molar-refractivity contribution in [3.05, 3.63) is 69.1 Å². The molecule has 0 fully saturated rings. The number of halogens is 1. The van der Waals surface area contributed by atoms with Crippen molar-refractivity contribution >= 4 is 28.8 Å². The molecule has 0 saturated carbocycles. The monoisotopic (exact) mass is 331 g/mol. The van der Waals surface area contributed by atoms with Crippen molar-refractivity contribution in [1.29, 1.82) is 0 Å². The Bertz CT molecular complexity index is 795. The Morgan fingerprint density at radius 1 is 1.27 bits per heavy atom. The van der Waals surface area contributed by atoms with E-state index in [-0.39, 0.29) is 5.91 Å². The molecule has 112 valence electrons. The van der Waals surface area contributed by atoms with E-state index < -0.39 is 0 Å². The Kier molecular flexibility index (Phi) is 4.27. The first kappa shape index (κ1) is 14.8. The lowest BCUT2D eigenvalue weighted by Gasteiger charge is -2.03. The number of nitrogens with one attached hydrogen (secondary N) is 1. The fraction of sp³-hybridized carbons (Fsp3) is 0.125. The van der Waals surface area contributed by atoms with E-state index in [0.29, 0.717) is 16.6 Å². The Labute approximate surface area is 137 Å². The topological polar surface area (TPSA) is 46.9 Å². The summed E-state index contributed by atoms with van der Waals surface area (Å²) in [5.41, 5.74) is 2.25. The minimum Gasteiger partial charge on any atom is -0.346 e. The molecule has 3 aromatic rings. The summed E-state index contributed by atoms with van der Waals surface area (Å²) < 4.78 is 2.48. The van der Waals surface area contributed by atoms with Crippen LogP contribution < -0.4 is 5.32 Å². The van der Waals surface area contributed by atoms with Crippen LogP contribution in [0.15, 0.2) is 48.5 Å². The van der Waals surface area contributed by atoms with Crippen LogP contribution in [-0.2, 0) is 6.54 Å². The van der Waals surface area contributed by atoms with Gasteiger partial charge in [0.1, 0.15) is 0 Å². The molecule has 0 spiro atoms. The number of carbonyl (C=O) groups is 1. The van der Waals surface area contributed by atoms with Crippen molar-refractivity contribution in [1.82, 2.24) is 15.1 Å². The minimum atomic E-state index is -0.192. The summed E-state index contributed by atoms with van der Waals surface area (Å²) in [6.07, 6.45) is 0. The van der Waals surface area contributed by atoms with E-state index in [4.69, 9.17) is 11.6 Å². The van der Waals surface area contributed by atoms with Crippen molar-refractivity contribution in [3.8, 4) is 5.69 Å². The first-order valence-corrected chi connectivity index (χ1v) is 7.97. The van der Waals surface area contributed by atoms with Gasteiger partial charge in [0.15, 0.2) is 5.69 Å². The van der Waals surface area contributed by atoms with Crippen LogP contribution in [0.4, 0.5) is 0 Å². The van der Waals surface area contributed by atoms with Gasteiger partial charge in [-0.3, -0.25) is 4.79 Å². The summed E-state index contributed by atoms with van der Waals surface area (Å²) in [6.45, 7) is 2.38. The molecule has 0 aliphatic rings. The normalized spacial score (nSPS) is 10.6. The molecule has 0 radical (unpaired) electrons. The molecule has 4 nitrogen and oxygen atoms in total. The summed E-state index contributed by atoms with van der Waals surface area (Å²) in [5.74, 6) is -0.192. The number of hydrogen-bond acceptors (Lipinski definition) is 3. The van der Waals surface area contributed by atoms with Crippen molar-refractivity contribution in [3.63, 3.8) is 0 Å². The SMILES string of the molecule is Cc1cc(C(=O)NCc2ccc(Cl)s2)nn1-c1ccccc1. The van der Waals surface area contributed by atoms with E-state index in [2.05, 4.69) is 10.4 Å². The van der Waals surface area contributed by atoms with Crippen molar-refractivity contribution < 1.29 is 4.79 Å². The second-order valence-electron chi connectivity index (χ2n) is 4.81. The highest BCUT2D eigenvalue weighted by Gasteiger charge is 2.13. The third kappa shape index (κ3) is 3.21. The van der Waals surface area contributed by atoms with Crippen LogP contribution in [0, 0.1) is 6.92 Å². The predicted octanol–water partition coefficient (Wildman–Crippen LogP) is 3.83. The average Bonchev–Trinajstić information content (AvgIpc) is 3.12. The Balaban J connectivity index is 1.73. The lowest BCUT2D eigenvalue weighted by atomic mass is 10.3. The van der Waals surface area contributed by atoms with E-state index in [1.807, 2.05) is 49.4 Å². The highest BCUT2D eigenvalue weighted by Crippen LogP contribution is 2.21. The quantitative estimate of drug-likeness (QED) is 0.790. The fourth-order valence-corrected chi connectivity index (χ4v) is 3.15. The third-order valence-corrected chi connectivity index (χ3v) is 4.40. The zero-order valence-electron chi connectivity index (χ0n) is 11.9. The molecular formula is C16H14ClN3OS. The van der Waals surface area contributed by atoms with Gasteiger partial charge in [-0.15, -0.1) is 11.3 Å². The highest BCUT2D eigenvalue weighted by molar-refractivity contribution is 7.16. The second-order valence-corrected chi connectivity index (χ2v) is 6.61. The van der Waals surface area contributed by atoms with Crippen LogP contribution in [0.1, 0.15) is 21.1 Å². The van der Waals surface area contributed by atoms with Crippen LogP contribution in [0.25, 0.3) is 5.69 Å². The number of hydrogen-bond donors (Lipinski definition) is 1. The van der Waals surface area contributed by atoms with E-state index >= 15 is 0 Å². The summed E-state index contributed by atoms with van der Waals surface area (Å²) in [4.78, 5) is 13.2. The maximum atomic E-state index is 12.2. The molecule has 1 aromatic carbocycles. The van der Waals surface area contributed by atoms with Gasteiger partial charge in [-0.2, -0.15) is 5.10 Å². The number of rotatable bonds is 4. The standard InChI is InChI=1S/C16H14ClN3OS/c1-11-9-14(19-20(11)12-5-3-2-4-6-12)16(21)18-10-13-7-8-15(17)22-13/h2-9H,10H2,1H3,(H,18,21). The Morgan fingerprint density at radius 2 is 2.05 bits per heavy atom. The molecule has 1 amide bonds. The first-order valence-electron chi connectivity index (χ1n) is 6.78. The lowest BCUT2D eigenvalue weighted by molar-refractivity contribution is 0.0946. The molecule has 2 heterocycles. The number of amides is 1. The van der Waals surface area contributed by atoms with Crippen LogP contribution in [-0.4, -0.2) is 15.7 Å². The molecule has 6 heteroatoms. The van der Waals surface area contributed by atoms with Gasteiger partial charge in [-0.1, -0.05) is 29.8 Å². The lowest BCUT2D eigenvalue weighted by Crippen LogP contribution is -2.22. The number of nitrogens with zero attached hydrogens (tertiary/aromatic N) is 2. The summed E-state index contributed by atoms with van der Waals surface area (Å²) in [7, 11) is 0. The zero-order valence-corrected chi connectivity index (χ0v) is 13.5. The highest BCUT2D eigenvalue weighted by atomic mass is 35.5. The number of benzene rings is 1. The molecule has 3 rings (SSSR count). The number of thiophene rings is 1. The number of aryl methyl sites for hydroxylation is 1. The number of carbonyl (C=O) groups excluding carboxylic acids is 1. The van der Waals surface area contributed by atoms with Crippen molar-refractivity contribution in [2.24, 2.45) is 0 Å². The van der Waals surface area contributed by atoms with Gasteiger partial charge in [0.25, 0.3) is 5.91 Å². The molecule has 1 N–H and O–H groups in total. The fourth-order valence-electron chi connectivity index (χ4n) is 2.12. The van der Waals surface area contributed by atoms with Crippen molar-refractivity contribution in [2.45, 2.75) is 13.5 Å². The van der Waals surface area contributed by atoms with Gasteiger partial charge >= 0.3 is 0 Å². The minimum absolute atomic E-state index is 0.192. The molecule has 22 heavy (non-hydrogen) atoms. The van der Waals surface area contributed by atoms with E-state index in [0.717, 1.165) is 16.3 Å². The van der Waals surface area contributed by atoms with Gasteiger partial charge < -0.3 is 5.32 Å². The molecule has 2 aromatic heterocycles. The Morgan fingerprint density at radius 3 is 2.73 bits per heavy atom. The van der Waals surface area contributed by atoms with Crippen LogP contribution >= 0.6 is 22.9 Å². The van der Waals surface area contributed by atoms with Crippen LogP contribution in [0.2, 0.25) is 4.34 Å². The molecule has 0 saturated heterocycles. The van der Waals surface area contributed by atoms with Gasteiger partial charge in [0.2, 0.25) is 0 Å². The molecule has 0 bridgehead atoms. The average molecular weight is 332 g/mol. The maximum absolute atomic E-state index is 12.2. The summed E-state index contributed by atoms with van der Waals surface area (Å²) >= 11 is 7.33. The molecule has 0 unspecified atom stereocenters. The molecular weight excluding hydrogens is 318 g/mol. The van der Waals surface area contributed by atoms with Gasteiger partial charge in [0.05, 0.1) is 16.6 Å². The summed E-state index contributed by atoms with van der Waals surface area (Å²) in [6, 6.07) is 15.2. The third-order valence-electron chi connectivity index (χ3n) is 3.17. The van der Waals surface area contributed by atoms with Crippen molar-refractivity contribution in [2.75, 3.05) is 0 Å². The Hall–Kier alpha value is -2.11. The number of aromatic nitrogens is 2. The molecule has 0 aliphatic carbocycles. The smallest absolute Gasteiger partial charge is 0.272 e. The van der Waals surface area contributed by atoms with Crippen LogP contribution in [0.3, 0.4) is 0 Å². The second kappa shape index (κ2) is 6.34. The maximum Gasteiger partial charge on any atom is 0.272 e. The number of para-hydroxylation sites is 1. The van der Waals surface area contributed by atoms with Gasteiger partial charge in [0, 0.05) is 10.6 Å². The predicted molar refractivity (Wildman–Crippen MR) is 88.8 cm³/mol. The van der Waals surface area contributed by atoms with E-state index in [1.54, 1.807) is 10.7 Å². The first-order chi connectivity index (χ1) is 10.6. The van der Waals surface area contributed by atoms with E-state index in [9.17, 15) is 4.79 Å². The molecule has 0 atom stereocenters. The molecule has 0 aliphatic heterocycles. The van der Waals surface area contributed by atoms with E-state index in [1.165, 1.54) is 11.3 Å². The van der Waals surface area contributed by atoms with Gasteiger partial charge in [-0.05, 0) is 37.3 Å². The summed E-state index contributed by atoms with van der Waals surface area (Å²) in [5, 5.41) is 7.24. The van der Waals surface area contributed by atoms with Gasteiger partial charge in [-0.25, -0.2) is 4.68 Å².